The first-order valence-corrected chi connectivity index (χ1v) is 9.14. The molecule has 25 heavy (non-hydrogen) atoms. The largest absolute Gasteiger partial charge is 0.486 e. The lowest BCUT2D eigenvalue weighted by atomic mass is 9.78. The summed E-state index contributed by atoms with van der Waals surface area (Å²) in [7, 11) is 0. The molecule has 1 saturated carbocycles. The van der Waals surface area contributed by atoms with Gasteiger partial charge in [-0.05, 0) is 37.0 Å². The van der Waals surface area contributed by atoms with Crippen LogP contribution in [0, 0.1) is 0 Å². The zero-order valence-corrected chi connectivity index (χ0v) is 14.3. The molecular formula is C19H24N2O4. The maximum Gasteiger partial charge on any atom is 0.242 e. The molecule has 0 aromatic heterocycles. The van der Waals surface area contributed by atoms with Crippen LogP contribution in [0.1, 0.15) is 44.1 Å². The Morgan fingerprint density at radius 1 is 1.20 bits per heavy atom. The first-order valence-electron chi connectivity index (χ1n) is 9.14. The number of benzene rings is 1. The Labute approximate surface area is 147 Å². The normalized spacial score (nSPS) is 24.0. The van der Waals surface area contributed by atoms with Crippen molar-refractivity contribution in [3.63, 3.8) is 0 Å². The van der Waals surface area contributed by atoms with E-state index in [1.807, 2.05) is 6.07 Å². The molecule has 2 N–H and O–H groups in total. The smallest absolute Gasteiger partial charge is 0.242 e. The fraction of sp³-hybridized carbons (Fsp3) is 0.579. The Hall–Kier alpha value is -2.24. The second-order valence-corrected chi connectivity index (χ2v) is 7.22. The molecule has 1 aromatic rings. The number of hydrogen-bond acceptors (Lipinski definition) is 4. The highest BCUT2D eigenvalue weighted by molar-refractivity contribution is 5.90. The number of amides is 2. The Bertz CT molecular complexity index is 682. The molecule has 1 aromatic carbocycles. The second kappa shape index (κ2) is 6.58. The Kier molecular flexibility index (Phi) is 4.27. The van der Waals surface area contributed by atoms with Crippen LogP contribution in [-0.2, 0) is 15.0 Å². The minimum atomic E-state index is -0.383. The summed E-state index contributed by atoms with van der Waals surface area (Å²) in [6.07, 6.45) is 5.43. The first-order chi connectivity index (χ1) is 12.2. The van der Waals surface area contributed by atoms with Gasteiger partial charge in [0.1, 0.15) is 19.3 Å². The van der Waals surface area contributed by atoms with Crippen LogP contribution in [0.5, 0.6) is 11.5 Å². The van der Waals surface area contributed by atoms with Gasteiger partial charge in [0.25, 0.3) is 0 Å². The molecule has 0 radical (unpaired) electrons. The van der Waals surface area contributed by atoms with Gasteiger partial charge in [-0.25, -0.2) is 0 Å². The van der Waals surface area contributed by atoms with Crippen molar-refractivity contribution in [1.82, 2.24) is 10.6 Å². The quantitative estimate of drug-likeness (QED) is 0.871. The Morgan fingerprint density at radius 2 is 1.96 bits per heavy atom. The molecule has 3 aliphatic rings. The zero-order chi connectivity index (χ0) is 17.3. The number of carbonyl (C=O) groups excluding carboxylic acids is 2. The predicted octanol–water partition coefficient (Wildman–Crippen LogP) is 1.66. The molecule has 2 fully saturated rings. The first kappa shape index (κ1) is 16.2. The van der Waals surface area contributed by atoms with E-state index >= 15 is 0 Å². The molecule has 1 aliphatic carbocycles. The zero-order valence-electron chi connectivity index (χ0n) is 14.3. The average Bonchev–Trinajstić information content (AvgIpc) is 3.29. The monoisotopic (exact) mass is 344 g/mol. The van der Waals surface area contributed by atoms with Gasteiger partial charge in [0.15, 0.2) is 11.5 Å². The minimum absolute atomic E-state index is 0.0393. The lowest BCUT2D eigenvalue weighted by Crippen LogP contribution is -2.46. The topological polar surface area (TPSA) is 76.7 Å². The molecular weight excluding hydrogens is 320 g/mol. The van der Waals surface area contributed by atoms with E-state index in [1.54, 1.807) is 0 Å². The van der Waals surface area contributed by atoms with E-state index in [4.69, 9.17) is 9.47 Å². The standard InChI is InChI=1S/C19H24N2O4/c22-17-6-4-14(21-17)18(23)20-12-19(7-1-2-8-19)13-3-5-15-16(11-13)25-10-9-24-15/h3,5,11,14H,1-2,4,6-10,12H2,(H,20,23)(H,21,22)/t14-/m1/s1. The molecule has 4 rings (SSSR count). The predicted molar refractivity (Wildman–Crippen MR) is 91.8 cm³/mol. The minimum Gasteiger partial charge on any atom is -0.486 e. The van der Waals surface area contributed by atoms with Gasteiger partial charge in [0.05, 0.1) is 0 Å². The van der Waals surface area contributed by atoms with Crippen molar-refractivity contribution in [3.05, 3.63) is 23.8 Å². The summed E-state index contributed by atoms with van der Waals surface area (Å²) in [6.45, 7) is 1.75. The lowest BCUT2D eigenvalue weighted by Gasteiger charge is -2.31. The number of ether oxygens (including phenoxy) is 2. The van der Waals surface area contributed by atoms with Crippen molar-refractivity contribution in [3.8, 4) is 11.5 Å². The third kappa shape index (κ3) is 3.17. The van der Waals surface area contributed by atoms with E-state index < -0.39 is 0 Å². The molecule has 6 nitrogen and oxygen atoms in total. The van der Waals surface area contributed by atoms with Gasteiger partial charge in [-0.3, -0.25) is 9.59 Å². The lowest BCUT2D eigenvalue weighted by molar-refractivity contribution is -0.125. The molecule has 1 saturated heterocycles. The van der Waals surface area contributed by atoms with E-state index in [0.717, 1.165) is 37.2 Å². The van der Waals surface area contributed by atoms with Crippen LogP contribution >= 0.6 is 0 Å². The number of hydrogen-bond donors (Lipinski definition) is 2. The summed E-state index contributed by atoms with van der Waals surface area (Å²) in [6, 6.07) is 5.76. The highest BCUT2D eigenvalue weighted by atomic mass is 16.6. The summed E-state index contributed by atoms with van der Waals surface area (Å²) in [5.74, 6) is 1.47. The number of carbonyl (C=O) groups is 2. The molecule has 2 aliphatic heterocycles. The van der Waals surface area contributed by atoms with E-state index in [2.05, 4.69) is 22.8 Å². The van der Waals surface area contributed by atoms with Gasteiger partial charge in [-0.1, -0.05) is 18.9 Å². The number of fused-ring (bicyclic) bond motifs is 1. The molecule has 1 atom stereocenters. The average molecular weight is 344 g/mol. The van der Waals surface area contributed by atoms with Gasteiger partial charge >= 0.3 is 0 Å². The number of nitrogens with one attached hydrogen (secondary N) is 2. The second-order valence-electron chi connectivity index (χ2n) is 7.22. The van der Waals surface area contributed by atoms with Crippen LogP contribution in [-0.4, -0.2) is 37.6 Å². The van der Waals surface area contributed by atoms with Crippen LogP contribution in [0.25, 0.3) is 0 Å². The highest BCUT2D eigenvalue weighted by Gasteiger charge is 2.38. The van der Waals surface area contributed by atoms with E-state index in [0.29, 0.717) is 32.6 Å². The molecule has 2 amide bonds. The number of rotatable bonds is 4. The molecule has 2 heterocycles. The van der Waals surface area contributed by atoms with E-state index in [-0.39, 0.29) is 23.3 Å². The van der Waals surface area contributed by atoms with Gasteiger partial charge < -0.3 is 20.1 Å². The summed E-state index contributed by atoms with van der Waals surface area (Å²) in [5.41, 5.74) is 1.14. The van der Waals surface area contributed by atoms with E-state index in [1.165, 1.54) is 5.56 Å². The highest BCUT2D eigenvalue weighted by Crippen LogP contribution is 2.43. The van der Waals surface area contributed by atoms with Crippen molar-refractivity contribution in [2.75, 3.05) is 19.8 Å². The van der Waals surface area contributed by atoms with E-state index in [9.17, 15) is 9.59 Å². The van der Waals surface area contributed by atoms with Gasteiger partial charge in [0, 0.05) is 18.4 Å². The van der Waals surface area contributed by atoms with Crippen molar-refractivity contribution >= 4 is 11.8 Å². The summed E-state index contributed by atoms with van der Waals surface area (Å²) < 4.78 is 11.3. The summed E-state index contributed by atoms with van der Waals surface area (Å²) in [5, 5.41) is 5.82. The Morgan fingerprint density at radius 3 is 2.68 bits per heavy atom. The molecule has 0 bridgehead atoms. The van der Waals surface area contributed by atoms with Crippen LogP contribution in [0.2, 0.25) is 0 Å². The van der Waals surface area contributed by atoms with Crippen LogP contribution in [0.4, 0.5) is 0 Å². The van der Waals surface area contributed by atoms with Gasteiger partial charge in [-0.2, -0.15) is 0 Å². The van der Waals surface area contributed by atoms with Gasteiger partial charge in [0.2, 0.25) is 11.8 Å². The van der Waals surface area contributed by atoms with Crippen molar-refractivity contribution < 1.29 is 19.1 Å². The van der Waals surface area contributed by atoms with Crippen LogP contribution in [0.3, 0.4) is 0 Å². The van der Waals surface area contributed by atoms with Crippen molar-refractivity contribution in [2.45, 2.75) is 50.0 Å². The summed E-state index contributed by atoms with van der Waals surface area (Å²) >= 11 is 0. The maximum absolute atomic E-state index is 12.4. The molecule has 134 valence electrons. The maximum atomic E-state index is 12.4. The Balaban J connectivity index is 1.50. The van der Waals surface area contributed by atoms with Crippen LogP contribution in [0.15, 0.2) is 18.2 Å². The molecule has 0 unspecified atom stereocenters. The molecule has 6 heteroatoms. The third-order valence-corrected chi connectivity index (χ3v) is 5.63. The van der Waals surface area contributed by atoms with Crippen molar-refractivity contribution in [2.24, 2.45) is 0 Å². The fourth-order valence-electron chi connectivity index (χ4n) is 4.18. The molecule has 0 spiro atoms. The summed E-state index contributed by atoms with van der Waals surface area (Å²) in [4.78, 5) is 23.7. The SMILES string of the molecule is O=C1CC[C@H](C(=O)NCC2(c3ccc4c(c3)OCCO4)CCCC2)N1. The van der Waals surface area contributed by atoms with Crippen LogP contribution < -0.4 is 20.1 Å². The third-order valence-electron chi connectivity index (χ3n) is 5.63. The van der Waals surface area contributed by atoms with Gasteiger partial charge in [-0.15, -0.1) is 0 Å². The fourth-order valence-corrected chi connectivity index (χ4v) is 4.18. The van der Waals surface area contributed by atoms with Crippen molar-refractivity contribution in [1.29, 1.82) is 0 Å².